The van der Waals surface area contributed by atoms with Crippen LogP contribution in [0, 0.1) is 26.6 Å². The maximum atomic E-state index is 7.50. The van der Waals surface area contributed by atoms with Gasteiger partial charge in [-0.3, -0.25) is 0 Å². The van der Waals surface area contributed by atoms with Crippen molar-refractivity contribution in [2.45, 2.75) is 6.42 Å². The molecule has 38 heavy (non-hydrogen) atoms. The summed E-state index contributed by atoms with van der Waals surface area (Å²) >= 11 is 0. The fraction of sp³-hybridized carbons (Fsp3) is 0.0968. The van der Waals surface area contributed by atoms with Gasteiger partial charge >= 0.3 is 62.6 Å². The minimum atomic E-state index is -0.742. The summed E-state index contributed by atoms with van der Waals surface area (Å²) in [5.74, 6) is 0. The summed E-state index contributed by atoms with van der Waals surface area (Å²) in [5, 5.41) is 6.10. The van der Waals surface area contributed by atoms with Crippen molar-refractivity contribution in [2.24, 2.45) is 0 Å². The second-order valence-electron chi connectivity index (χ2n) is 7.27. The van der Waals surface area contributed by atoms with Gasteiger partial charge in [-0.15, -0.1) is 0 Å². The summed E-state index contributed by atoms with van der Waals surface area (Å²) in [6, 6.07) is 44.6. The van der Waals surface area contributed by atoms with Crippen LogP contribution in [-0.4, -0.2) is 12.3 Å². The van der Waals surface area contributed by atoms with Gasteiger partial charge in [-0.2, -0.15) is 0 Å². The minimum absolute atomic E-state index is 0. The van der Waals surface area contributed by atoms with Crippen LogP contribution in [0.25, 0.3) is 0 Å². The Bertz CT molecular complexity index is 981. The third-order valence-corrected chi connectivity index (χ3v) is 11.2. The predicted octanol–water partition coefficient (Wildman–Crippen LogP) is 4.95. The van der Waals surface area contributed by atoms with E-state index in [1.165, 1.54) is 40.0 Å². The monoisotopic (exact) mass is 578 g/mol. The van der Waals surface area contributed by atoms with Crippen molar-refractivity contribution >= 4 is 37.1 Å². The van der Waals surface area contributed by atoms with Gasteiger partial charge in [0.1, 0.15) is 0 Å². The van der Waals surface area contributed by atoms with Crippen LogP contribution in [0.2, 0.25) is 0 Å². The van der Waals surface area contributed by atoms with Crippen molar-refractivity contribution < 1.29 is 36.0 Å². The summed E-state index contributed by atoms with van der Waals surface area (Å²) in [4.78, 5) is 0. The molecule has 4 rings (SSSR count). The zero-order valence-corrected chi connectivity index (χ0v) is 24.0. The van der Waals surface area contributed by atoms with Gasteiger partial charge < -0.3 is 0 Å². The van der Waals surface area contributed by atoms with E-state index in [0.717, 1.165) is 0 Å². The molecule has 0 aliphatic carbocycles. The van der Waals surface area contributed by atoms with Crippen LogP contribution in [-0.2, 0) is 36.0 Å². The average Bonchev–Trinajstić information content (AvgIpc) is 3.03. The van der Waals surface area contributed by atoms with Crippen molar-refractivity contribution in [1.29, 1.82) is 0 Å². The van der Waals surface area contributed by atoms with E-state index in [2.05, 4.69) is 148 Å². The fourth-order valence-electron chi connectivity index (χ4n) is 3.91. The van der Waals surface area contributed by atoms with Crippen molar-refractivity contribution in [3.63, 3.8) is 0 Å². The van der Waals surface area contributed by atoms with Gasteiger partial charge in [0.25, 0.3) is 0 Å². The van der Waals surface area contributed by atoms with Gasteiger partial charge in [0, 0.05) is 6.42 Å². The molecule has 4 aromatic carbocycles. The first-order valence-corrected chi connectivity index (χ1v) is 14.6. The van der Waals surface area contributed by atoms with Crippen molar-refractivity contribution in [2.75, 3.05) is 12.3 Å². The molecule has 0 unspecified atom stereocenters. The third kappa shape index (κ3) is 13.2. The quantitative estimate of drug-likeness (QED) is 0.161. The smallest absolute Gasteiger partial charge is 0.0620 e. The Morgan fingerprint density at radius 2 is 0.553 bits per heavy atom. The molecular formula is C31H28CrO4P2+6. The molecule has 0 N–H and O–H groups in total. The molecule has 4 aromatic rings. The molecule has 4 nitrogen and oxygen atoms in total. The summed E-state index contributed by atoms with van der Waals surface area (Å²) in [6.45, 7) is 18.0. The summed E-state index contributed by atoms with van der Waals surface area (Å²) in [7, 11) is -1.48. The van der Waals surface area contributed by atoms with E-state index in [-0.39, 0.29) is 17.4 Å². The molecule has 0 aliphatic heterocycles. The Kier molecular flexibility index (Phi) is 25.4. The van der Waals surface area contributed by atoms with Crippen LogP contribution in [0.4, 0.5) is 0 Å². The van der Waals surface area contributed by atoms with E-state index >= 15 is 0 Å². The van der Waals surface area contributed by atoms with Crippen molar-refractivity contribution in [1.82, 2.24) is 0 Å². The summed E-state index contributed by atoms with van der Waals surface area (Å²) in [5.41, 5.74) is 0. The standard InChI is InChI=1S/C27H26P2.4CO.Cr/c1-5-14-24(15-6-1)28(25-16-7-2-8-17-25)22-13-23-29(26-18-9-3-10-19-26)27-20-11-4-12-21-27;4*1-2;/h1-12,14-21H,13,22-23H2;;;;;/q;;;;;+4/p+2. The Morgan fingerprint density at radius 1 is 0.368 bits per heavy atom. The van der Waals surface area contributed by atoms with Crippen molar-refractivity contribution in [3.8, 4) is 0 Å². The number of rotatable bonds is 8. The van der Waals surface area contributed by atoms with E-state index in [4.69, 9.17) is 18.6 Å². The largest absolute Gasteiger partial charge is 4.00 e. The summed E-state index contributed by atoms with van der Waals surface area (Å²) < 4.78 is 30.0. The second-order valence-corrected chi connectivity index (χ2v) is 12.5. The molecule has 0 aliphatic rings. The molecule has 7 heteroatoms. The van der Waals surface area contributed by atoms with E-state index in [1.54, 1.807) is 0 Å². The molecule has 0 heterocycles. The zero-order chi connectivity index (χ0) is 27.7. The number of benzene rings is 4. The minimum Gasteiger partial charge on any atom is -0.0620 e. The van der Waals surface area contributed by atoms with Gasteiger partial charge in [-0.25, -0.2) is 0 Å². The van der Waals surface area contributed by atoms with E-state index < -0.39 is 15.8 Å². The van der Waals surface area contributed by atoms with Crippen LogP contribution < -0.4 is 21.2 Å². The molecule has 0 saturated heterocycles. The van der Waals surface area contributed by atoms with Crippen LogP contribution >= 0.6 is 15.8 Å². The third-order valence-electron chi connectivity index (χ3n) is 5.34. The first-order valence-electron chi connectivity index (χ1n) is 11.2. The topological polar surface area (TPSA) is 79.6 Å². The van der Waals surface area contributed by atoms with Gasteiger partial charge in [0.15, 0.2) is 0 Å². The maximum absolute atomic E-state index is 7.50. The molecule has 186 valence electrons. The van der Waals surface area contributed by atoms with Crippen LogP contribution in [0.1, 0.15) is 6.42 Å². The second kappa shape index (κ2) is 25.9. The first-order chi connectivity index (χ1) is 18.4. The Morgan fingerprint density at radius 3 is 0.737 bits per heavy atom. The van der Waals surface area contributed by atoms with Crippen LogP contribution in [0.15, 0.2) is 121 Å². The van der Waals surface area contributed by atoms with Gasteiger partial charge in [-0.05, 0) is 48.5 Å². The number of hydrogen-bond acceptors (Lipinski definition) is 0. The van der Waals surface area contributed by atoms with Crippen LogP contribution in [0.5, 0.6) is 0 Å². The number of hydrogen-bond donors (Lipinski definition) is 0. The average molecular weight is 579 g/mol. The normalized spacial score (nSPS) is 8.68. The SMILES string of the molecule is [C-]#[O+].[C-]#[O+].[C-]#[O+].[C-]#[O+].[Cr+4].c1ccc([PH+](CCC[PH+](c2ccccc2)c2ccccc2)c2ccccc2)cc1. The zero-order valence-electron chi connectivity index (χ0n) is 20.7. The van der Waals surface area contributed by atoms with Gasteiger partial charge in [-0.1, -0.05) is 72.8 Å². The fourth-order valence-corrected chi connectivity index (χ4v) is 9.52. The van der Waals surface area contributed by atoms with E-state index in [0.29, 0.717) is 0 Å². The van der Waals surface area contributed by atoms with Crippen molar-refractivity contribution in [3.05, 3.63) is 148 Å². The Balaban J connectivity index is 0. The summed E-state index contributed by atoms with van der Waals surface area (Å²) in [6.07, 6.45) is 3.84. The Labute approximate surface area is 239 Å². The Hall–Kier alpha value is -2.77. The molecule has 0 atom stereocenters. The predicted molar refractivity (Wildman–Crippen MR) is 151 cm³/mol. The maximum Gasteiger partial charge on any atom is 4.00 e. The molecule has 0 fully saturated rings. The molecular weight excluding hydrogens is 550 g/mol. The molecule has 0 radical (unpaired) electrons. The first kappa shape index (κ1) is 37.4. The molecule has 0 bridgehead atoms. The molecule has 0 aromatic heterocycles. The molecule has 0 saturated carbocycles. The van der Waals surface area contributed by atoms with Gasteiger partial charge in [0.2, 0.25) is 0 Å². The van der Waals surface area contributed by atoms with Crippen LogP contribution in [0.3, 0.4) is 0 Å². The van der Waals surface area contributed by atoms with Gasteiger partial charge in [0.05, 0.1) is 49.4 Å². The van der Waals surface area contributed by atoms with E-state index in [1.807, 2.05) is 0 Å². The molecule has 0 spiro atoms. The van der Waals surface area contributed by atoms with E-state index in [9.17, 15) is 0 Å². The molecule has 0 amide bonds.